The molecule has 3 N–H and O–H groups in total. The Kier molecular flexibility index (Phi) is 6.65. The second-order valence-corrected chi connectivity index (χ2v) is 8.14. The van der Waals surface area contributed by atoms with Gasteiger partial charge in [-0.15, -0.1) is 24.0 Å². The van der Waals surface area contributed by atoms with Crippen molar-refractivity contribution in [3.05, 3.63) is 35.4 Å². The molecule has 1 aromatic carbocycles. The number of nitrogens with one attached hydrogen (secondary N) is 1. The Morgan fingerprint density at radius 3 is 2.93 bits per heavy atom. The molecule has 0 radical (unpaired) electrons. The number of nitrogens with two attached hydrogens (primary N) is 1. The number of piperidine rings is 1. The fourth-order valence-electron chi connectivity index (χ4n) is 5.24. The van der Waals surface area contributed by atoms with E-state index in [1.165, 1.54) is 12.8 Å². The van der Waals surface area contributed by atoms with Gasteiger partial charge >= 0.3 is 0 Å². The summed E-state index contributed by atoms with van der Waals surface area (Å²) < 4.78 is 0. The summed E-state index contributed by atoms with van der Waals surface area (Å²) in [6, 6.07) is 8.95. The summed E-state index contributed by atoms with van der Waals surface area (Å²) in [5, 5.41) is 3.62. The Balaban J connectivity index is 0.00000210. The summed E-state index contributed by atoms with van der Waals surface area (Å²) in [5.74, 6) is 3.43. The van der Waals surface area contributed by atoms with Gasteiger partial charge in [-0.1, -0.05) is 24.3 Å². The Bertz CT molecular complexity index is 707. The van der Waals surface area contributed by atoms with Crippen molar-refractivity contribution in [2.45, 2.75) is 38.0 Å². The molecule has 3 aliphatic rings. The number of carbonyl (C=O) groups is 1. The molecule has 4 rings (SSSR count). The van der Waals surface area contributed by atoms with Gasteiger partial charge < -0.3 is 16.0 Å². The molecule has 2 aliphatic carbocycles. The third-order valence-electron chi connectivity index (χ3n) is 6.51. The maximum Gasteiger partial charge on any atom is 0.217 e. The number of rotatable bonds is 4. The summed E-state index contributed by atoms with van der Waals surface area (Å²) >= 11 is 0. The number of amides is 1. The van der Waals surface area contributed by atoms with E-state index in [9.17, 15) is 4.79 Å². The summed E-state index contributed by atoms with van der Waals surface area (Å²) in [5.41, 5.74) is 8.51. The second-order valence-electron chi connectivity index (χ2n) is 8.14. The average Bonchev–Trinajstić information content (AvgIpc) is 3.36. The maximum atomic E-state index is 11.2. The smallest absolute Gasteiger partial charge is 0.217 e. The van der Waals surface area contributed by atoms with Crippen LogP contribution in [0.25, 0.3) is 0 Å². The van der Waals surface area contributed by atoms with Gasteiger partial charge in [-0.3, -0.25) is 9.79 Å². The van der Waals surface area contributed by atoms with Gasteiger partial charge in [0.05, 0.1) is 0 Å². The molecule has 148 valence electrons. The number of primary amides is 1. The van der Waals surface area contributed by atoms with E-state index in [0.29, 0.717) is 12.3 Å². The quantitative estimate of drug-likeness (QED) is 0.394. The third kappa shape index (κ3) is 4.41. The molecule has 1 aliphatic heterocycles. The van der Waals surface area contributed by atoms with Gasteiger partial charge in [0.25, 0.3) is 0 Å². The van der Waals surface area contributed by atoms with E-state index in [1.807, 2.05) is 7.05 Å². The molecule has 4 unspecified atom stereocenters. The first-order chi connectivity index (χ1) is 12.7. The Morgan fingerprint density at radius 1 is 1.33 bits per heavy atom. The van der Waals surface area contributed by atoms with Crippen LogP contribution in [0.3, 0.4) is 0 Å². The van der Waals surface area contributed by atoms with Gasteiger partial charge in [0, 0.05) is 33.1 Å². The monoisotopic (exact) mass is 482 g/mol. The number of aryl methyl sites for hydroxylation is 1. The van der Waals surface area contributed by atoms with Gasteiger partial charge in [-0.05, 0) is 60.5 Å². The molecule has 1 saturated carbocycles. The van der Waals surface area contributed by atoms with E-state index in [1.54, 1.807) is 11.1 Å². The highest BCUT2D eigenvalue weighted by Crippen LogP contribution is 2.59. The second kappa shape index (κ2) is 8.80. The van der Waals surface area contributed by atoms with Gasteiger partial charge in [0.15, 0.2) is 5.96 Å². The number of benzene rings is 1. The topological polar surface area (TPSA) is 70.7 Å². The zero-order valence-corrected chi connectivity index (χ0v) is 18.4. The first kappa shape index (κ1) is 20.4. The van der Waals surface area contributed by atoms with Crippen molar-refractivity contribution in [1.29, 1.82) is 0 Å². The van der Waals surface area contributed by atoms with Crippen LogP contribution < -0.4 is 11.1 Å². The van der Waals surface area contributed by atoms with E-state index in [4.69, 9.17) is 5.73 Å². The van der Waals surface area contributed by atoms with Crippen molar-refractivity contribution in [2.75, 3.05) is 26.7 Å². The van der Waals surface area contributed by atoms with Gasteiger partial charge in [0.2, 0.25) is 5.91 Å². The van der Waals surface area contributed by atoms with E-state index in [0.717, 1.165) is 56.2 Å². The molecule has 27 heavy (non-hydrogen) atoms. The van der Waals surface area contributed by atoms with Crippen molar-refractivity contribution >= 4 is 35.8 Å². The molecule has 4 atom stereocenters. The summed E-state index contributed by atoms with van der Waals surface area (Å²) in [6.07, 6.45) is 5.21. The van der Waals surface area contributed by atoms with E-state index in [-0.39, 0.29) is 29.9 Å². The molecule has 6 heteroatoms. The van der Waals surface area contributed by atoms with Crippen LogP contribution in [-0.2, 0) is 11.2 Å². The molecule has 0 spiro atoms. The largest absolute Gasteiger partial charge is 0.370 e. The molecule has 5 nitrogen and oxygen atoms in total. The van der Waals surface area contributed by atoms with Gasteiger partial charge in [0.1, 0.15) is 0 Å². The molecule has 1 heterocycles. The fraction of sp³-hybridized carbons (Fsp3) is 0.619. The highest BCUT2D eigenvalue weighted by atomic mass is 127. The average molecular weight is 482 g/mol. The third-order valence-corrected chi connectivity index (χ3v) is 6.51. The van der Waals surface area contributed by atoms with Crippen molar-refractivity contribution < 1.29 is 4.79 Å². The molecular formula is C21H31IN4O. The van der Waals surface area contributed by atoms with Crippen LogP contribution in [0.15, 0.2) is 29.3 Å². The van der Waals surface area contributed by atoms with Crippen molar-refractivity contribution in [3.63, 3.8) is 0 Å². The minimum atomic E-state index is -0.194. The number of halogens is 1. The Hall–Kier alpha value is -1.31. The number of hydrogen-bond acceptors (Lipinski definition) is 2. The number of hydrogen-bond donors (Lipinski definition) is 2. The van der Waals surface area contributed by atoms with Crippen molar-refractivity contribution in [1.82, 2.24) is 10.2 Å². The SMILES string of the molecule is CN=C(NCC1C2CCc3ccccc3C21)N1CCCC(CC(N)=O)C1.I. The van der Waals surface area contributed by atoms with Crippen LogP contribution in [0.4, 0.5) is 0 Å². The molecule has 0 bridgehead atoms. The van der Waals surface area contributed by atoms with Gasteiger partial charge in [-0.2, -0.15) is 0 Å². The van der Waals surface area contributed by atoms with Crippen LogP contribution in [0.2, 0.25) is 0 Å². The molecular weight excluding hydrogens is 451 g/mol. The minimum Gasteiger partial charge on any atom is -0.370 e. The number of likely N-dealkylation sites (tertiary alicyclic amines) is 1. The molecule has 1 aromatic rings. The molecule has 0 aromatic heterocycles. The Morgan fingerprint density at radius 2 is 2.15 bits per heavy atom. The number of guanidine groups is 1. The lowest BCUT2D eigenvalue weighted by molar-refractivity contribution is -0.119. The maximum absolute atomic E-state index is 11.2. The van der Waals surface area contributed by atoms with Crippen LogP contribution in [0, 0.1) is 17.8 Å². The summed E-state index contributed by atoms with van der Waals surface area (Å²) in [6.45, 7) is 2.88. The Labute approximate surface area is 179 Å². The normalized spacial score (nSPS) is 29.2. The van der Waals surface area contributed by atoms with Crippen LogP contribution in [-0.4, -0.2) is 43.4 Å². The highest BCUT2D eigenvalue weighted by molar-refractivity contribution is 14.0. The van der Waals surface area contributed by atoms with E-state index in [2.05, 4.69) is 39.5 Å². The summed E-state index contributed by atoms with van der Waals surface area (Å²) in [7, 11) is 1.86. The first-order valence-corrected chi connectivity index (χ1v) is 9.99. The predicted molar refractivity (Wildman–Crippen MR) is 119 cm³/mol. The molecule has 2 fully saturated rings. The first-order valence-electron chi connectivity index (χ1n) is 9.99. The molecule has 1 saturated heterocycles. The predicted octanol–water partition coefficient (Wildman–Crippen LogP) is 2.74. The summed E-state index contributed by atoms with van der Waals surface area (Å²) in [4.78, 5) is 18.0. The minimum absolute atomic E-state index is 0. The lowest BCUT2D eigenvalue weighted by atomic mass is 9.92. The zero-order valence-electron chi connectivity index (χ0n) is 16.1. The number of aliphatic imine (C=N–C) groups is 1. The lowest BCUT2D eigenvalue weighted by Gasteiger charge is -2.34. The fourth-order valence-corrected chi connectivity index (χ4v) is 5.24. The zero-order chi connectivity index (χ0) is 18.1. The van der Waals surface area contributed by atoms with E-state index >= 15 is 0 Å². The standard InChI is InChI=1S/C21H30N4O.HI/c1-23-21(25-10-4-5-14(13-25)11-19(22)26)24-12-18-17-9-8-15-6-2-3-7-16(15)20(17)18;/h2-3,6-7,14,17-18,20H,4-5,8-13H2,1H3,(H2,22,26)(H,23,24);1H. The van der Waals surface area contributed by atoms with Crippen LogP contribution in [0.5, 0.6) is 0 Å². The highest BCUT2D eigenvalue weighted by Gasteiger charge is 2.52. The van der Waals surface area contributed by atoms with Crippen LogP contribution >= 0.6 is 24.0 Å². The molecule has 1 amide bonds. The number of nitrogens with zero attached hydrogens (tertiary/aromatic N) is 2. The van der Waals surface area contributed by atoms with E-state index < -0.39 is 0 Å². The lowest BCUT2D eigenvalue weighted by Crippen LogP contribution is -2.47. The number of fused-ring (bicyclic) bond motifs is 3. The van der Waals surface area contributed by atoms with Crippen molar-refractivity contribution in [3.8, 4) is 0 Å². The van der Waals surface area contributed by atoms with Crippen molar-refractivity contribution in [2.24, 2.45) is 28.5 Å². The van der Waals surface area contributed by atoms with Crippen LogP contribution in [0.1, 0.15) is 42.7 Å². The van der Waals surface area contributed by atoms with Gasteiger partial charge in [-0.25, -0.2) is 0 Å². The number of carbonyl (C=O) groups excluding carboxylic acids is 1.